The first-order valence-electron chi connectivity index (χ1n) is 5.09. The number of rotatable bonds is 4. The molecule has 2 heteroatoms. The molecule has 1 amide bonds. The van der Waals surface area contributed by atoms with Gasteiger partial charge in [-0.15, -0.1) is 0 Å². The average molecular weight is 191 g/mol. The van der Waals surface area contributed by atoms with E-state index in [0.29, 0.717) is 0 Å². The van der Waals surface area contributed by atoms with Crippen molar-refractivity contribution in [1.82, 2.24) is 5.32 Å². The van der Waals surface area contributed by atoms with E-state index in [1.807, 2.05) is 18.2 Å². The molecular weight excluding hydrogens is 174 g/mol. The van der Waals surface area contributed by atoms with Crippen LogP contribution in [0.25, 0.3) is 0 Å². The maximum atomic E-state index is 11.6. The monoisotopic (exact) mass is 191 g/mol. The third kappa shape index (κ3) is 2.87. The van der Waals surface area contributed by atoms with Crippen LogP contribution in [0.2, 0.25) is 0 Å². The fourth-order valence-electron chi connectivity index (χ4n) is 1.31. The molecule has 0 spiro atoms. The van der Waals surface area contributed by atoms with Crippen LogP contribution in [0.5, 0.6) is 0 Å². The highest BCUT2D eigenvalue weighted by atomic mass is 16.1. The van der Waals surface area contributed by atoms with Crippen molar-refractivity contribution < 1.29 is 4.79 Å². The molecule has 1 aliphatic rings. The summed E-state index contributed by atoms with van der Waals surface area (Å²) in [6, 6.07) is 0. The summed E-state index contributed by atoms with van der Waals surface area (Å²) in [5.41, 5.74) is 1.63. The molecule has 0 unspecified atom stereocenters. The van der Waals surface area contributed by atoms with Crippen molar-refractivity contribution in [3.63, 3.8) is 0 Å². The van der Waals surface area contributed by atoms with Crippen molar-refractivity contribution >= 4 is 5.91 Å². The van der Waals surface area contributed by atoms with Gasteiger partial charge in [0.25, 0.3) is 5.91 Å². The van der Waals surface area contributed by atoms with Gasteiger partial charge in [-0.3, -0.25) is 4.79 Å². The topological polar surface area (TPSA) is 29.1 Å². The molecule has 14 heavy (non-hydrogen) atoms. The lowest BCUT2D eigenvalue weighted by molar-refractivity contribution is -0.117. The molecule has 76 valence electrons. The molecule has 0 saturated heterocycles. The van der Waals surface area contributed by atoms with E-state index in [1.165, 1.54) is 0 Å². The highest BCUT2D eigenvalue weighted by Crippen LogP contribution is 2.17. The summed E-state index contributed by atoms with van der Waals surface area (Å²) >= 11 is 0. The van der Waals surface area contributed by atoms with E-state index in [0.717, 1.165) is 37.0 Å². The molecule has 0 heterocycles. The van der Waals surface area contributed by atoms with Gasteiger partial charge < -0.3 is 5.32 Å². The van der Waals surface area contributed by atoms with Crippen LogP contribution in [0, 0.1) is 0 Å². The molecule has 0 saturated carbocycles. The maximum absolute atomic E-state index is 11.6. The summed E-state index contributed by atoms with van der Waals surface area (Å²) in [5.74, 6) is 0.00722. The minimum Gasteiger partial charge on any atom is -0.352 e. The summed E-state index contributed by atoms with van der Waals surface area (Å²) in [7, 11) is 0. The highest BCUT2D eigenvalue weighted by molar-refractivity contribution is 5.98. The molecule has 0 fully saturated rings. The molecule has 0 bridgehead atoms. The van der Waals surface area contributed by atoms with Crippen molar-refractivity contribution in [2.45, 2.75) is 26.2 Å². The Morgan fingerprint density at radius 1 is 1.64 bits per heavy atom. The van der Waals surface area contributed by atoms with Gasteiger partial charge in [0.2, 0.25) is 0 Å². The molecule has 0 atom stereocenters. The van der Waals surface area contributed by atoms with E-state index in [1.54, 1.807) is 0 Å². The molecule has 0 radical (unpaired) electrons. The fraction of sp³-hybridized carbons (Fsp3) is 0.417. The number of allylic oxidation sites excluding steroid dienone is 3. The number of unbranched alkanes of at least 4 members (excludes halogenated alkanes) is 1. The first-order valence-corrected chi connectivity index (χ1v) is 5.09. The zero-order chi connectivity index (χ0) is 10.4. The van der Waals surface area contributed by atoms with Gasteiger partial charge in [-0.05, 0) is 24.5 Å². The summed E-state index contributed by atoms with van der Waals surface area (Å²) in [4.78, 5) is 11.6. The first-order chi connectivity index (χ1) is 6.75. The minimum atomic E-state index is 0.00722. The van der Waals surface area contributed by atoms with E-state index >= 15 is 0 Å². The predicted molar refractivity (Wildman–Crippen MR) is 58.9 cm³/mol. The van der Waals surface area contributed by atoms with Gasteiger partial charge in [0.1, 0.15) is 0 Å². The van der Waals surface area contributed by atoms with Crippen LogP contribution in [0.15, 0.2) is 36.0 Å². The van der Waals surface area contributed by atoms with Crippen LogP contribution in [0.1, 0.15) is 26.2 Å². The molecule has 1 aliphatic carbocycles. The average Bonchev–Trinajstić information content (AvgIpc) is 2.18. The van der Waals surface area contributed by atoms with Crippen LogP contribution < -0.4 is 5.32 Å². The normalized spacial score (nSPS) is 15.2. The van der Waals surface area contributed by atoms with Crippen molar-refractivity contribution in [3.05, 3.63) is 36.0 Å². The Hall–Kier alpha value is -1.31. The zero-order valence-corrected chi connectivity index (χ0v) is 8.68. The van der Waals surface area contributed by atoms with Crippen molar-refractivity contribution in [2.24, 2.45) is 0 Å². The van der Waals surface area contributed by atoms with Crippen LogP contribution in [-0.4, -0.2) is 12.5 Å². The van der Waals surface area contributed by atoms with Crippen LogP contribution in [0.4, 0.5) is 0 Å². The SMILES string of the molecule is C=C1CC=CC=C1C(=O)NCCCC. The molecule has 0 aromatic carbocycles. The second-order valence-corrected chi connectivity index (χ2v) is 3.43. The third-order valence-electron chi connectivity index (χ3n) is 2.20. The second kappa shape index (κ2) is 5.43. The Morgan fingerprint density at radius 2 is 2.43 bits per heavy atom. The van der Waals surface area contributed by atoms with Gasteiger partial charge in [0, 0.05) is 12.1 Å². The molecule has 1 N–H and O–H groups in total. The van der Waals surface area contributed by atoms with Gasteiger partial charge in [-0.2, -0.15) is 0 Å². The summed E-state index contributed by atoms with van der Waals surface area (Å²) in [6.07, 6.45) is 8.65. The van der Waals surface area contributed by atoms with E-state index in [4.69, 9.17) is 0 Å². The largest absolute Gasteiger partial charge is 0.352 e. The van der Waals surface area contributed by atoms with Crippen LogP contribution in [-0.2, 0) is 4.79 Å². The Balaban J connectivity index is 2.47. The van der Waals surface area contributed by atoms with Gasteiger partial charge in [-0.25, -0.2) is 0 Å². The Morgan fingerprint density at radius 3 is 3.07 bits per heavy atom. The van der Waals surface area contributed by atoms with E-state index < -0.39 is 0 Å². The third-order valence-corrected chi connectivity index (χ3v) is 2.20. The predicted octanol–water partition coefficient (Wildman–Crippen LogP) is 2.35. The second-order valence-electron chi connectivity index (χ2n) is 3.43. The van der Waals surface area contributed by atoms with Crippen molar-refractivity contribution in [3.8, 4) is 0 Å². The summed E-state index contributed by atoms with van der Waals surface area (Å²) < 4.78 is 0. The lowest BCUT2D eigenvalue weighted by Gasteiger charge is -2.11. The lowest BCUT2D eigenvalue weighted by Crippen LogP contribution is -2.26. The summed E-state index contributed by atoms with van der Waals surface area (Å²) in [6.45, 7) is 6.72. The number of amides is 1. The molecule has 0 aromatic heterocycles. The molecule has 2 nitrogen and oxygen atoms in total. The number of hydrogen-bond acceptors (Lipinski definition) is 1. The lowest BCUT2D eigenvalue weighted by atomic mass is 9.99. The molecular formula is C12H17NO. The molecule has 1 rings (SSSR count). The Kier molecular flexibility index (Phi) is 4.17. The molecule has 0 aromatic rings. The fourth-order valence-corrected chi connectivity index (χ4v) is 1.31. The van der Waals surface area contributed by atoms with Gasteiger partial charge in [0.15, 0.2) is 0 Å². The quantitative estimate of drug-likeness (QED) is 0.679. The van der Waals surface area contributed by atoms with Gasteiger partial charge in [-0.1, -0.05) is 32.1 Å². The smallest absolute Gasteiger partial charge is 0.251 e. The van der Waals surface area contributed by atoms with Crippen molar-refractivity contribution in [1.29, 1.82) is 0 Å². The molecule has 0 aliphatic heterocycles. The Labute approximate surface area is 85.4 Å². The van der Waals surface area contributed by atoms with E-state index in [9.17, 15) is 4.79 Å². The Bertz CT molecular complexity index is 287. The van der Waals surface area contributed by atoms with Crippen LogP contribution in [0.3, 0.4) is 0 Å². The minimum absolute atomic E-state index is 0.00722. The number of nitrogens with one attached hydrogen (secondary N) is 1. The first kappa shape index (κ1) is 10.8. The maximum Gasteiger partial charge on any atom is 0.251 e. The zero-order valence-electron chi connectivity index (χ0n) is 8.68. The summed E-state index contributed by atoms with van der Waals surface area (Å²) in [5, 5.41) is 2.88. The number of hydrogen-bond donors (Lipinski definition) is 1. The number of carbonyl (C=O) groups excluding carboxylic acids is 1. The van der Waals surface area contributed by atoms with Crippen molar-refractivity contribution in [2.75, 3.05) is 6.54 Å². The standard InChI is InChI=1S/C12H17NO/c1-3-4-9-13-12(14)11-8-6-5-7-10(11)2/h5-6,8H,2-4,7,9H2,1H3,(H,13,14). The van der Waals surface area contributed by atoms with E-state index in [-0.39, 0.29) is 5.91 Å². The van der Waals surface area contributed by atoms with Crippen LogP contribution >= 0.6 is 0 Å². The number of carbonyl (C=O) groups is 1. The van der Waals surface area contributed by atoms with Gasteiger partial charge in [0.05, 0.1) is 0 Å². The van der Waals surface area contributed by atoms with Gasteiger partial charge >= 0.3 is 0 Å². The van der Waals surface area contributed by atoms with E-state index in [2.05, 4.69) is 18.8 Å². The highest BCUT2D eigenvalue weighted by Gasteiger charge is 2.12.